The average Bonchev–Trinajstić information content (AvgIpc) is 2.73. The molecule has 3 rings (SSSR count). The second-order valence-electron chi connectivity index (χ2n) is 6.90. The first-order valence-electron chi connectivity index (χ1n) is 9.37. The normalized spacial score (nSPS) is 10.8. The molecule has 0 atom stereocenters. The minimum absolute atomic E-state index is 0.0842. The highest BCUT2D eigenvalue weighted by molar-refractivity contribution is 6.32. The molecule has 0 aliphatic heterocycles. The monoisotopic (exact) mass is 412 g/mol. The molecule has 0 aliphatic rings. The Bertz CT molecular complexity index is 1080. The predicted molar refractivity (Wildman–Crippen MR) is 116 cm³/mol. The van der Waals surface area contributed by atoms with E-state index in [0.29, 0.717) is 41.8 Å². The van der Waals surface area contributed by atoms with Crippen LogP contribution in [0, 0.1) is 13.8 Å². The number of nitrogens with zero attached hydrogens (tertiary/aromatic N) is 1. The summed E-state index contributed by atoms with van der Waals surface area (Å²) in [5.74, 6) is 1.19. The van der Waals surface area contributed by atoms with Crippen LogP contribution in [0.4, 0.5) is 0 Å². The van der Waals surface area contributed by atoms with Gasteiger partial charge in [-0.2, -0.15) is 0 Å². The van der Waals surface area contributed by atoms with Crippen LogP contribution in [0.1, 0.15) is 27.9 Å². The molecule has 2 N–H and O–H groups in total. The molecular weight excluding hydrogens is 388 g/mol. The predicted octanol–water partition coefficient (Wildman–Crippen LogP) is 4.21. The van der Waals surface area contributed by atoms with E-state index in [1.54, 1.807) is 24.7 Å². The van der Waals surface area contributed by atoms with Gasteiger partial charge in [0.2, 0.25) is 0 Å². The summed E-state index contributed by atoms with van der Waals surface area (Å²) in [6.07, 6.45) is 0. The summed E-state index contributed by atoms with van der Waals surface area (Å²) >= 11 is 6.21. The van der Waals surface area contributed by atoms with Gasteiger partial charge >= 0.3 is 0 Å². The minimum atomic E-state index is -0.0842. The summed E-state index contributed by atoms with van der Waals surface area (Å²) in [5.41, 5.74) is 10.1. The number of benzene rings is 2. The third-order valence-electron chi connectivity index (χ3n) is 4.98. The number of ether oxygens (including phenoxy) is 2. The maximum Gasteiger partial charge on any atom is 0.257 e. The van der Waals surface area contributed by atoms with Gasteiger partial charge in [0.1, 0.15) is 18.1 Å². The topological polar surface area (TPSA) is 66.5 Å². The number of aromatic nitrogens is 1. The van der Waals surface area contributed by atoms with Crippen LogP contribution in [0.2, 0.25) is 5.02 Å². The maximum atomic E-state index is 13.0. The Hall–Kier alpha value is -2.76. The number of hydrogen-bond donors (Lipinski definition) is 1. The first-order chi connectivity index (χ1) is 13.9. The van der Waals surface area contributed by atoms with E-state index in [2.05, 4.69) is 0 Å². The van der Waals surface area contributed by atoms with E-state index in [4.69, 9.17) is 26.8 Å². The van der Waals surface area contributed by atoms with Crippen LogP contribution >= 0.6 is 11.6 Å². The fourth-order valence-electron chi connectivity index (χ4n) is 3.23. The Morgan fingerprint density at radius 1 is 1.03 bits per heavy atom. The minimum Gasteiger partial charge on any atom is -0.495 e. The highest BCUT2D eigenvalue weighted by Gasteiger charge is 2.13. The SMILES string of the molecule is COc1ccc(Cn2c(C)cc(OCc3ccccc3CN)c(C)c2=O)cc1Cl. The molecule has 1 heterocycles. The van der Waals surface area contributed by atoms with Crippen molar-refractivity contribution in [2.75, 3.05) is 7.11 Å². The van der Waals surface area contributed by atoms with E-state index in [1.165, 1.54) is 0 Å². The van der Waals surface area contributed by atoms with Crippen molar-refractivity contribution in [1.82, 2.24) is 4.57 Å². The Morgan fingerprint density at radius 3 is 2.41 bits per heavy atom. The fourth-order valence-corrected chi connectivity index (χ4v) is 3.51. The van der Waals surface area contributed by atoms with E-state index in [9.17, 15) is 4.79 Å². The second kappa shape index (κ2) is 9.16. The van der Waals surface area contributed by atoms with Crippen LogP contribution in [0.3, 0.4) is 0 Å². The molecule has 5 nitrogen and oxygen atoms in total. The lowest BCUT2D eigenvalue weighted by atomic mass is 10.1. The number of rotatable bonds is 7. The number of pyridine rings is 1. The van der Waals surface area contributed by atoms with Crippen molar-refractivity contribution in [2.24, 2.45) is 5.73 Å². The lowest BCUT2D eigenvalue weighted by molar-refractivity contribution is 0.301. The number of hydrogen-bond acceptors (Lipinski definition) is 4. The molecule has 1 aromatic heterocycles. The average molecular weight is 413 g/mol. The van der Waals surface area contributed by atoms with E-state index in [-0.39, 0.29) is 5.56 Å². The van der Waals surface area contributed by atoms with Gasteiger partial charge in [-0.1, -0.05) is 41.9 Å². The van der Waals surface area contributed by atoms with Crippen molar-refractivity contribution < 1.29 is 9.47 Å². The molecule has 0 saturated heterocycles. The molecular formula is C23H25ClN2O3. The summed E-state index contributed by atoms with van der Waals surface area (Å²) in [6, 6.07) is 15.3. The summed E-state index contributed by atoms with van der Waals surface area (Å²) in [6.45, 7) is 4.91. The van der Waals surface area contributed by atoms with Crippen LogP contribution in [-0.2, 0) is 19.7 Å². The zero-order chi connectivity index (χ0) is 21.0. The van der Waals surface area contributed by atoms with Gasteiger partial charge in [-0.15, -0.1) is 0 Å². The first kappa shape index (κ1) is 21.0. The summed E-state index contributed by atoms with van der Waals surface area (Å²) in [7, 11) is 1.57. The van der Waals surface area contributed by atoms with Gasteiger partial charge in [-0.3, -0.25) is 4.79 Å². The van der Waals surface area contributed by atoms with Gasteiger partial charge in [0.05, 0.1) is 24.2 Å². The molecule has 0 unspecified atom stereocenters. The van der Waals surface area contributed by atoms with Crippen LogP contribution in [-0.4, -0.2) is 11.7 Å². The van der Waals surface area contributed by atoms with E-state index >= 15 is 0 Å². The van der Waals surface area contributed by atoms with Crippen molar-refractivity contribution in [3.8, 4) is 11.5 Å². The molecule has 29 heavy (non-hydrogen) atoms. The zero-order valence-corrected chi connectivity index (χ0v) is 17.6. The third-order valence-corrected chi connectivity index (χ3v) is 5.28. The summed E-state index contributed by atoms with van der Waals surface area (Å²) in [4.78, 5) is 13.0. The van der Waals surface area contributed by atoms with Crippen LogP contribution in [0.15, 0.2) is 53.3 Å². The van der Waals surface area contributed by atoms with Crippen molar-refractivity contribution in [1.29, 1.82) is 0 Å². The lowest BCUT2D eigenvalue weighted by Crippen LogP contribution is -2.25. The van der Waals surface area contributed by atoms with Gasteiger partial charge in [0.25, 0.3) is 5.56 Å². The number of halogens is 1. The van der Waals surface area contributed by atoms with Gasteiger partial charge in [0, 0.05) is 12.2 Å². The lowest BCUT2D eigenvalue weighted by Gasteiger charge is -2.16. The molecule has 0 spiro atoms. The van der Waals surface area contributed by atoms with Crippen molar-refractivity contribution in [3.05, 3.63) is 91.9 Å². The number of nitrogens with two attached hydrogens (primary N) is 1. The van der Waals surface area contributed by atoms with Crippen molar-refractivity contribution in [2.45, 2.75) is 33.5 Å². The van der Waals surface area contributed by atoms with Gasteiger partial charge in [-0.05, 0) is 48.7 Å². The second-order valence-corrected chi connectivity index (χ2v) is 7.30. The first-order valence-corrected chi connectivity index (χ1v) is 9.75. The van der Waals surface area contributed by atoms with Crippen LogP contribution < -0.4 is 20.8 Å². The van der Waals surface area contributed by atoms with Crippen molar-refractivity contribution >= 4 is 11.6 Å². The molecule has 152 valence electrons. The molecule has 0 saturated carbocycles. The van der Waals surface area contributed by atoms with Gasteiger partial charge in [-0.25, -0.2) is 0 Å². The van der Waals surface area contributed by atoms with Gasteiger partial charge < -0.3 is 19.8 Å². The molecule has 0 fully saturated rings. The molecule has 0 bridgehead atoms. The zero-order valence-electron chi connectivity index (χ0n) is 16.9. The van der Waals surface area contributed by atoms with Crippen LogP contribution in [0.5, 0.6) is 11.5 Å². The Balaban J connectivity index is 1.84. The highest BCUT2D eigenvalue weighted by atomic mass is 35.5. The van der Waals surface area contributed by atoms with Gasteiger partial charge in [0.15, 0.2) is 0 Å². The maximum absolute atomic E-state index is 13.0. The summed E-state index contributed by atoms with van der Waals surface area (Å²) < 4.78 is 12.9. The summed E-state index contributed by atoms with van der Waals surface area (Å²) in [5, 5.41) is 0.519. The van der Waals surface area contributed by atoms with E-state index < -0.39 is 0 Å². The number of aryl methyl sites for hydroxylation is 1. The quantitative estimate of drug-likeness (QED) is 0.631. The van der Waals surface area contributed by atoms with E-state index in [1.807, 2.05) is 49.4 Å². The molecule has 3 aromatic rings. The third kappa shape index (κ3) is 4.63. The van der Waals surface area contributed by atoms with E-state index in [0.717, 1.165) is 22.4 Å². The fraction of sp³-hybridized carbons (Fsp3) is 0.261. The Morgan fingerprint density at radius 2 is 1.76 bits per heavy atom. The molecule has 0 radical (unpaired) electrons. The number of methoxy groups -OCH3 is 1. The Kier molecular flexibility index (Phi) is 6.62. The largest absolute Gasteiger partial charge is 0.495 e. The Labute approximate surface area is 175 Å². The smallest absolute Gasteiger partial charge is 0.257 e. The standard InChI is InChI=1S/C23H25ClN2O3/c1-15-10-22(29-14-19-7-5-4-6-18(19)12-25)16(2)23(27)26(15)13-17-8-9-21(28-3)20(24)11-17/h4-11H,12-14,25H2,1-3H3. The molecule has 0 aliphatic carbocycles. The van der Waals surface area contributed by atoms with Crippen LogP contribution in [0.25, 0.3) is 0 Å². The van der Waals surface area contributed by atoms with Crippen molar-refractivity contribution in [3.63, 3.8) is 0 Å². The highest BCUT2D eigenvalue weighted by Crippen LogP contribution is 2.26. The molecule has 2 aromatic carbocycles. The molecule has 6 heteroatoms. The molecule has 0 amide bonds.